The molecule has 0 bridgehead atoms. The number of benzene rings is 1. The Bertz CT molecular complexity index is 1350. The first-order valence-corrected chi connectivity index (χ1v) is 12.0. The lowest BCUT2D eigenvalue weighted by molar-refractivity contribution is -0.135. The third kappa shape index (κ3) is 6.60. The van der Waals surface area contributed by atoms with Gasteiger partial charge < -0.3 is 26.0 Å². The zero-order valence-corrected chi connectivity index (χ0v) is 20.8. The first kappa shape index (κ1) is 26.0. The molecule has 1 saturated carbocycles. The Morgan fingerprint density at radius 1 is 1.16 bits per heavy atom. The van der Waals surface area contributed by atoms with Gasteiger partial charge in [-0.05, 0) is 43.2 Å². The first-order chi connectivity index (χ1) is 17.7. The van der Waals surface area contributed by atoms with Crippen molar-refractivity contribution >= 4 is 57.6 Å². The van der Waals surface area contributed by atoms with E-state index in [1.165, 1.54) is 16.5 Å². The Hall–Kier alpha value is -4.03. The van der Waals surface area contributed by atoms with Crippen LogP contribution in [-0.4, -0.2) is 74.1 Å². The number of carbonyl (C=O) groups is 4. The number of amides is 4. The van der Waals surface area contributed by atoms with E-state index >= 15 is 0 Å². The van der Waals surface area contributed by atoms with Crippen molar-refractivity contribution in [3.05, 3.63) is 47.2 Å². The molecule has 4 rings (SSSR count). The number of hydrogen-bond donors (Lipinski definition) is 4. The Kier molecular flexibility index (Phi) is 7.99. The monoisotopic (exact) mass is 527 g/mol. The maximum Gasteiger partial charge on any atom is 0.319 e. The van der Waals surface area contributed by atoms with Crippen molar-refractivity contribution in [2.24, 2.45) is 0 Å². The van der Waals surface area contributed by atoms with Gasteiger partial charge in [0.1, 0.15) is 29.8 Å². The van der Waals surface area contributed by atoms with Crippen LogP contribution in [0.1, 0.15) is 30.3 Å². The van der Waals surface area contributed by atoms with Crippen LogP contribution < -0.4 is 16.0 Å². The van der Waals surface area contributed by atoms with Crippen molar-refractivity contribution in [1.82, 2.24) is 25.0 Å². The minimum atomic E-state index is -0.508. The molecule has 194 valence electrons. The molecule has 12 nitrogen and oxygen atoms in total. The number of Topliss-reactive ketones (excluding diaryl/α,β-unsaturated/α-hetero) is 1. The van der Waals surface area contributed by atoms with Crippen LogP contribution in [0, 0.1) is 0 Å². The Morgan fingerprint density at radius 2 is 1.95 bits per heavy atom. The number of aliphatic hydroxyl groups is 1. The number of pyridine rings is 1. The van der Waals surface area contributed by atoms with E-state index in [9.17, 15) is 19.2 Å². The number of rotatable bonds is 10. The highest BCUT2D eigenvalue weighted by Gasteiger charge is 2.34. The molecule has 0 aliphatic heterocycles. The highest BCUT2D eigenvalue weighted by atomic mass is 35.5. The molecule has 0 spiro atoms. The second kappa shape index (κ2) is 11.4. The van der Waals surface area contributed by atoms with Crippen LogP contribution in [0.25, 0.3) is 10.9 Å². The minimum Gasteiger partial charge on any atom is -0.395 e. The van der Waals surface area contributed by atoms with Crippen LogP contribution >= 0.6 is 11.6 Å². The summed E-state index contributed by atoms with van der Waals surface area (Å²) in [5.41, 5.74) is 1.11. The molecular weight excluding hydrogens is 502 g/mol. The summed E-state index contributed by atoms with van der Waals surface area (Å²) in [6, 6.07) is 9.17. The van der Waals surface area contributed by atoms with Gasteiger partial charge in [-0.2, -0.15) is 5.10 Å². The van der Waals surface area contributed by atoms with Gasteiger partial charge in [-0.3, -0.25) is 19.1 Å². The van der Waals surface area contributed by atoms with Crippen LogP contribution in [0.2, 0.25) is 5.15 Å². The predicted octanol–water partition coefficient (Wildman–Crippen LogP) is 2.03. The number of urea groups is 1. The Morgan fingerprint density at radius 3 is 2.62 bits per heavy atom. The van der Waals surface area contributed by atoms with E-state index in [1.807, 2.05) is 0 Å². The SMILES string of the molecule is CC(=O)c1nn(CC(=O)N(CC(=O)Nc2cccc(Cl)n2)C2CC2)c2ccc(NC(=O)NCCO)cc12. The van der Waals surface area contributed by atoms with Gasteiger partial charge in [-0.1, -0.05) is 17.7 Å². The van der Waals surface area contributed by atoms with Crippen molar-refractivity contribution in [1.29, 1.82) is 0 Å². The van der Waals surface area contributed by atoms with Crippen LogP contribution in [0.3, 0.4) is 0 Å². The third-order valence-electron chi connectivity index (χ3n) is 5.63. The maximum atomic E-state index is 13.2. The molecule has 2 heterocycles. The molecule has 1 aliphatic carbocycles. The summed E-state index contributed by atoms with van der Waals surface area (Å²) in [6.07, 6.45) is 1.58. The molecule has 4 N–H and O–H groups in total. The average molecular weight is 528 g/mol. The van der Waals surface area contributed by atoms with Crippen LogP contribution in [0.4, 0.5) is 16.3 Å². The van der Waals surface area contributed by atoms with Crippen molar-refractivity contribution in [2.45, 2.75) is 32.4 Å². The predicted molar refractivity (Wildman–Crippen MR) is 136 cm³/mol. The van der Waals surface area contributed by atoms with Gasteiger partial charge in [0.05, 0.1) is 12.1 Å². The Labute approximate surface area is 217 Å². The number of carbonyl (C=O) groups excluding carboxylic acids is 4. The average Bonchev–Trinajstić information content (AvgIpc) is 3.63. The third-order valence-corrected chi connectivity index (χ3v) is 5.84. The fraction of sp³-hybridized carbons (Fsp3) is 0.333. The van der Waals surface area contributed by atoms with E-state index in [1.54, 1.807) is 36.4 Å². The number of nitrogens with zero attached hydrogens (tertiary/aromatic N) is 4. The van der Waals surface area contributed by atoms with E-state index in [0.717, 1.165) is 12.8 Å². The second-order valence-electron chi connectivity index (χ2n) is 8.55. The number of halogens is 1. The summed E-state index contributed by atoms with van der Waals surface area (Å²) in [4.78, 5) is 55.6. The zero-order chi connectivity index (χ0) is 26.5. The van der Waals surface area contributed by atoms with Gasteiger partial charge >= 0.3 is 6.03 Å². The lowest BCUT2D eigenvalue weighted by atomic mass is 10.1. The van der Waals surface area contributed by atoms with Crippen molar-refractivity contribution in [2.75, 3.05) is 30.3 Å². The summed E-state index contributed by atoms with van der Waals surface area (Å²) in [5, 5.41) is 21.7. The molecule has 0 unspecified atom stereocenters. The van der Waals surface area contributed by atoms with E-state index in [4.69, 9.17) is 16.7 Å². The number of aliphatic hydroxyl groups excluding tert-OH is 1. The highest BCUT2D eigenvalue weighted by molar-refractivity contribution is 6.29. The van der Waals surface area contributed by atoms with E-state index in [-0.39, 0.29) is 54.8 Å². The quantitative estimate of drug-likeness (QED) is 0.232. The largest absolute Gasteiger partial charge is 0.395 e. The molecular formula is C24H26ClN7O5. The lowest BCUT2D eigenvalue weighted by Gasteiger charge is -2.22. The standard InChI is InChI=1S/C24H26ClN7O5/c1-14(34)23-17-11-15(27-24(37)26-9-10-33)5-8-18(17)32(30-23)13-22(36)31(16-6-7-16)12-21(35)29-20-4-2-3-19(25)28-20/h2-5,8,11,16,33H,6-7,9-10,12-13H2,1H3,(H2,26,27,37)(H,28,29,35). The fourth-order valence-electron chi connectivity index (χ4n) is 3.82. The van der Waals surface area contributed by atoms with Gasteiger partial charge in [-0.15, -0.1) is 0 Å². The van der Waals surface area contributed by atoms with Gasteiger partial charge in [0.2, 0.25) is 11.8 Å². The second-order valence-corrected chi connectivity index (χ2v) is 8.93. The van der Waals surface area contributed by atoms with Gasteiger partial charge in [-0.25, -0.2) is 9.78 Å². The van der Waals surface area contributed by atoms with E-state index < -0.39 is 11.9 Å². The van der Waals surface area contributed by atoms with Crippen LogP contribution in [0.5, 0.6) is 0 Å². The smallest absolute Gasteiger partial charge is 0.319 e. The lowest BCUT2D eigenvalue weighted by Crippen LogP contribution is -2.41. The number of aromatic nitrogens is 3. The summed E-state index contributed by atoms with van der Waals surface area (Å²) < 4.78 is 1.43. The summed E-state index contributed by atoms with van der Waals surface area (Å²) in [5.74, 6) is -0.730. The molecule has 0 radical (unpaired) electrons. The fourth-order valence-corrected chi connectivity index (χ4v) is 3.99. The normalized spacial score (nSPS) is 12.7. The van der Waals surface area contributed by atoms with Gasteiger partial charge in [0.25, 0.3) is 0 Å². The molecule has 37 heavy (non-hydrogen) atoms. The molecule has 13 heteroatoms. The number of nitrogens with one attached hydrogen (secondary N) is 3. The number of hydrogen-bond acceptors (Lipinski definition) is 7. The number of anilines is 2. The minimum absolute atomic E-state index is 0.0482. The molecule has 2 aromatic heterocycles. The van der Waals surface area contributed by atoms with Crippen molar-refractivity contribution in [3.8, 4) is 0 Å². The molecule has 1 aromatic carbocycles. The highest BCUT2D eigenvalue weighted by Crippen LogP contribution is 2.28. The molecule has 1 fully saturated rings. The maximum absolute atomic E-state index is 13.2. The van der Waals surface area contributed by atoms with E-state index in [2.05, 4.69) is 26.0 Å². The molecule has 4 amide bonds. The molecule has 0 atom stereocenters. The summed E-state index contributed by atoms with van der Waals surface area (Å²) in [6.45, 7) is 0.934. The number of fused-ring (bicyclic) bond motifs is 1. The molecule has 1 aliphatic rings. The topological polar surface area (TPSA) is 159 Å². The first-order valence-electron chi connectivity index (χ1n) is 11.6. The molecule has 3 aromatic rings. The van der Waals surface area contributed by atoms with Crippen LogP contribution in [0.15, 0.2) is 36.4 Å². The summed E-state index contributed by atoms with van der Waals surface area (Å²) in [7, 11) is 0. The van der Waals surface area contributed by atoms with Gasteiger partial charge in [0, 0.05) is 30.6 Å². The van der Waals surface area contributed by atoms with Crippen molar-refractivity contribution < 1.29 is 24.3 Å². The van der Waals surface area contributed by atoms with E-state index in [0.29, 0.717) is 22.4 Å². The van der Waals surface area contributed by atoms with Crippen molar-refractivity contribution in [3.63, 3.8) is 0 Å². The zero-order valence-electron chi connectivity index (χ0n) is 20.0. The van der Waals surface area contributed by atoms with Gasteiger partial charge in [0.15, 0.2) is 5.78 Å². The summed E-state index contributed by atoms with van der Waals surface area (Å²) >= 11 is 5.87. The Balaban J connectivity index is 1.51. The van der Waals surface area contributed by atoms with Crippen LogP contribution in [-0.2, 0) is 16.1 Å². The molecule has 0 saturated heterocycles. The number of ketones is 1.